The summed E-state index contributed by atoms with van der Waals surface area (Å²) in [6.07, 6.45) is 7.32. The molecule has 6 nitrogen and oxygen atoms in total. The van der Waals surface area contributed by atoms with E-state index >= 15 is 0 Å². The zero-order valence-corrected chi connectivity index (χ0v) is 18.6. The van der Waals surface area contributed by atoms with Gasteiger partial charge in [0.25, 0.3) is 5.56 Å². The SMILES string of the molecule is CC(Cn1ncc2ccccc2c1=O)NC(=O)N1CCCC2(CCCc3ccccc32)C1. The fourth-order valence-electron chi connectivity index (χ4n) is 5.60. The zero-order valence-electron chi connectivity index (χ0n) is 18.6. The molecule has 32 heavy (non-hydrogen) atoms. The van der Waals surface area contributed by atoms with Crippen molar-refractivity contribution in [1.82, 2.24) is 20.0 Å². The molecule has 6 heteroatoms. The highest BCUT2D eigenvalue weighted by Crippen LogP contribution is 2.43. The molecule has 0 bridgehead atoms. The van der Waals surface area contributed by atoms with Gasteiger partial charge in [0.2, 0.25) is 0 Å². The highest BCUT2D eigenvalue weighted by atomic mass is 16.2. The van der Waals surface area contributed by atoms with Crippen LogP contribution in [0.15, 0.2) is 59.5 Å². The number of likely N-dealkylation sites (tertiary alicyclic amines) is 1. The fourth-order valence-corrected chi connectivity index (χ4v) is 5.60. The Morgan fingerprint density at radius 1 is 1.12 bits per heavy atom. The number of hydrogen-bond donors (Lipinski definition) is 1. The van der Waals surface area contributed by atoms with E-state index in [1.807, 2.05) is 36.1 Å². The summed E-state index contributed by atoms with van der Waals surface area (Å²) in [6, 6.07) is 15.9. The number of amides is 2. The molecular formula is C26H30N4O2. The number of carbonyl (C=O) groups is 1. The molecule has 2 unspecified atom stereocenters. The van der Waals surface area contributed by atoms with Crippen molar-refractivity contribution >= 4 is 16.8 Å². The number of rotatable bonds is 3. The predicted molar refractivity (Wildman–Crippen MR) is 126 cm³/mol. The molecule has 1 N–H and O–H groups in total. The maximum atomic E-state index is 13.1. The van der Waals surface area contributed by atoms with Crippen LogP contribution in [0.25, 0.3) is 10.8 Å². The van der Waals surface area contributed by atoms with Crippen molar-refractivity contribution in [2.75, 3.05) is 13.1 Å². The van der Waals surface area contributed by atoms with Gasteiger partial charge in [-0.3, -0.25) is 4.79 Å². The van der Waals surface area contributed by atoms with E-state index in [2.05, 4.69) is 34.7 Å². The number of aryl methyl sites for hydroxylation is 1. The molecule has 1 saturated heterocycles. The molecule has 2 aliphatic rings. The van der Waals surface area contributed by atoms with E-state index in [4.69, 9.17) is 0 Å². The summed E-state index contributed by atoms with van der Waals surface area (Å²) in [4.78, 5) is 27.9. The number of aromatic nitrogens is 2. The maximum absolute atomic E-state index is 13.1. The molecule has 1 fully saturated rings. The van der Waals surface area contributed by atoms with E-state index in [1.54, 1.807) is 6.20 Å². The minimum Gasteiger partial charge on any atom is -0.334 e. The van der Waals surface area contributed by atoms with Crippen molar-refractivity contribution in [3.05, 3.63) is 76.2 Å². The summed E-state index contributed by atoms with van der Waals surface area (Å²) in [7, 11) is 0. The Kier molecular flexibility index (Phi) is 5.45. The molecule has 3 aromatic rings. The number of hydrogen-bond acceptors (Lipinski definition) is 3. The lowest BCUT2D eigenvalue weighted by atomic mass is 9.66. The Labute approximate surface area is 188 Å². The summed E-state index contributed by atoms with van der Waals surface area (Å²) in [5.74, 6) is 0. The second-order valence-electron chi connectivity index (χ2n) is 9.39. The van der Waals surface area contributed by atoms with Gasteiger partial charge in [0.05, 0.1) is 18.1 Å². The lowest BCUT2D eigenvalue weighted by molar-refractivity contribution is 0.136. The molecule has 1 spiro atoms. The first-order valence-electron chi connectivity index (χ1n) is 11.6. The monoisotopic (exact) mass is 430 g/mol. The van der Waals surface area contributed by atoms with Crippen LogP contribution in [0.2, 0.25) is 0 Å². The number of benzene rings is 2. The number of fused-ring (bicyclic) bond motifs is 3. The first-order chi connectivity index (χ1) is 15.6. The number of urea groups is 1. The summed E-state index contributed by atoms with van der Waals surface area (Å²) < 4.78 is 1.45. The molecular weight excluding hydrogens is 400 g/mol. The van der Waals surface area contributed by atoms with Gasteiger partial charge in [-0.05, 0) is 56.2 Å². The third-order valence-electron chi connectivity index (χ3n) is 7.13. The van der Waals surface area contributed by atoms with E-state index in [0.717, 1.165) is 44.2 Å². The van der Waals surface area contributed by atoms with Gasteiger partial charge < -0.3 is 10.2 Å². The normalized spacial score (nSPS) is 21.3. The van der Waals surface area contributed by atoms with Crippen molar-refractivity contribution in [3.8, 4) is 0 Å². The lowest BCUT2D eigenvalue weighted by Gasteiger charge is -2.46. The van der Waals surface area contributed by atoms with E-state index in [0.29, 0.717) is 11.9 Å². The van der Waals surface area contributed by atoms with E-state index in [9.17, 15) is 9.59 Å². The minimum absolute atomic E-state index is 0.0477. The summed E-state index contributed by atoms with van der Waals surface area (Å²) in [6.45, 7) is 3.81. The van der Waals surface area contributed by atoms with Crippen LogP contribution in [-0.4, -0.2) is 39.8 Å². The molecule has 2 aromatic carbocycles. The fraction of sp³-hybridized carbons (Fsp3) is 0.423. The Morgan fingerprint density at radius 2 is 1.91 bits per heavy atom. The summed E-state index contributed by atoms with van der Waals surface area (Å²) in [5, 5.41) is 8.88. The second kappa shape index (κ2) is 8.41. The largest absolute Gasteiger partial charge is 0.334 e. The maximum Gasteiger partial charge on any atom is 0.317 e. The van der Waals surface area contributed by atoms with Crippen LogP contribution in [0, 0.1) is 0 Å². The van der Waals surface area contributed by atoms with Crippen LogP contribution in [0.4, 0.5) is 4.79 Å². The number of piperidine rings is 1. The first-order valence-corrected chi connectivity index (χ1v) is 11.6. The zero-order chi connectivity index (χ0) is 22.1. The lowest BCUT2D eigenvalue weighted by Crippen LogP contribution is -2.54. The van der Waals surface area contributed by atoms with Gasteiger partial charge in [-0.25, -0.2) is 9.48 Å². The minimum atomic E-state index is -0.203. The number of nitrogens with zero attached hydrogens (tertiary/aromatic N) is 3. The molecule has 2 heterocycles. The van der Waals surface area contributed by atoms with Crippen LogP contribution < -0.4 is 10.9 Å². The third kappa shape index (κ3) is 3.78. The van der Waals surface area contributed by atoms with Crippen molar-refractivity contribution < 1.29 is 4.79 Å². The quantitative estimate of drug-likeness (QED) is 0.686. The highest BCUT2D eigenvalue weighted by Gasteiger charge is 2.41. The molecule has 1 aliphatic carbocycles. The third-order valence-corrected chi connectivity index (χ3v) is 7.13. The summed E-state index contributed by atoms with van der Waals surface area (Å²) >= 11 is 0. The van der Waals surface area contributed by atoms with Crippen molar-refractivity contribution in [2.45, 2.75) is 57.0 Å². The Balaban J connectivity index is 1.28. The van der Waals surface area contributed by atoms with Gasteiger partial charge >= 0.3 is 6.03 Å². The Morgan fingerprint density at radius 3 is 2.81 bits per heavy atom. The average Bonchev–Trinajstić information content (AvgIpc) is 2.81. The number of carbonyl (C=O) groups excluding carboxylic acids is 1. The van der Waals surface area contributed by atoms with Crippen LogP contribution in [-0.2, 0) is 18.4 Å². The topological polar surface area (TPSA) is 67.2 Å². The predicted octanol–water partition coefficient (Wildman–Crippen LogP) is 3.86. The molecule has 2 atom stereocenters. The van der Waals surface area contributed by atoms with Crippen molar-refractivity contribution in [3.63, 3.8) is 0 Å². The van der Waals surface area contributed by atoms with Crippen LogP contribution in [0.5, 0.6) is 0 Å². The average molecular weight is 431 g/mol. The van der Waals surface area contributed by atoms with E-state index in [-0.39, 0.29) is 23.0 Å². The molecule has 2 amide bonds. The number of nitrogens with one attached hydrogen (secondary N) is 1. The highest BCUT2D eigenvalue weighted by molar-refractivity contribution is 5.80. The smallest absolute Gasteiger partial charge is 0.317 e. The Bertz CT molecular complexity index is 1200. The molecule has 1 aromatic heterocycles. The van der Waals surface area contributed by atoms with Gasteiger partial charge in [0, 0.05) is 29.9 Å². The van der Waals surface area contributed by atoms with Crippen molar-refractivity contribution in [1.29, 1.82) is 0 Å². The van der Waals surface area contributed by atoms with Crippen molar-refractivity contribution in [2.24, 2.45) is 0 Å². The molecule has 1 aliphatic heterocycles. The van der Waals surface area contributed by atoms with Gasteiger partial charge in [0.1, 0.15) is 0 Å². The van der Waals surface area contributed by atoms with Gasteiger partial charge in [-0.2, -0.15) is 5.10 Å². The Hall–Kier alpha value is -3.15. The second-order valence-corrected chi connectivity index (χ2v) is 9.39. The molecule has 0 radical (unpaired) electrons. The van der Waals surface area contributed by atoms with E-state index < -0.39 is 0 Å². The van der Waals surface area contributed by atoms with Crippen LogP contribution in [0.1, 0.15) is 43.7 Å². The molecule has 166 valence electrons. The van der Waals surface area contributed by atoms with E-state index in [1.165, 1.54) is 22.2 Å². The van der Waals surface area contributed by atoms with Crippen LogP contribution in [0.3, 0.4) is 0 Å². The first kappa shape index (κ1) is 20.7. The van der Waals surface area contributed by atoms with Crippen LogP contribution >= 0.6 is 0 Å². The van der Waals surface area contributed by atoms with Gasteiger partial charge in [-0.1, -0.05) is 42.5 Å². The molecule has 0 saturated carbocycles. The summed E-state index contributed by atoms with van der Waals surface area (Å²) in [5.41, 5.74) is 2.82. The standard InChI is InChI=1S/C26H30N4O2/c1-19(17-30-24(31)22-11-4-2-9-21(22)16-27-30)28-25(32)29-15-7-14-26(18-29)13-6-10-20-8-3-5-12-23(20)26/h2-5,8-9,11-12,16,19H,6-7,10,13-15,17-18H2,1H3,(H,28,32). The van der Waals surface area contributed by atoms with Gasteiger partial charge in [-0.15, -0.1) is 0 Å². The molecule has 5 rings (SSSR count). The van der Waals surface area contributed by atoms with Gasteiger partial charge in [0.15, 0.2) is 0 Å².